The summed E-state index contributed by atoms with van der Waals surface area (Å²) in [6.45, 7) is 0.607. The molecule has 0 fully saturated rings. The fraction of sp³-hybridized carbons (Fsp3) is 0.308. The molecule has 104 valence electrons. The molecule has 0 saturated heterocycles. The SMILES string of the molecule is Nc1nc(CCCc2cn(Cc3ccco3)nn2)c[nH]1. The monoisotopic (exact) mass is 272 g/mol. The van der Waals surface area contributed by atoms with E-state index in [4.69, 9.17) is 10.2 Å². The largest absolute Gasteiger partial charge is 0.467 e. The highest BCUT2D eigenvalue weighted by molar-refractivity contribution is 5.18. The van der Waals surface area contributed by atoms with Gasteiger partial charge in [-0.3, -0.25) is 0 Å². The Labute approximate surface area is 115 Å². The maximum absolute atomic E-state index is 5.53. The van der Waals surface area contributed by atoms with Crippen molar-refractivity contribution in [2.75, 3.05) is 5.73 Å². The normalized spacial score (nSPS) is 11.0. The van der Waals surface area contributed by atoms with E-state index < -0.39 is 0 Å². The number of aryl methyl sites for hydroxylation is 2. The molecule has 0 atom stereocenters. The number of hydrogen-bond acceptors (Lipinski definition) is 5. The molecule has 3 heterocycles. The Morgan fingerprint density at radius 3 is 2.95 bits per heavy atom. The lowest BCUT2D eigenvalue weighted by molar-refractivity contribution is 0.475. The lowest BCUT2D eigenvalue weighted by Gasteiger charge is -1.95. The number of nitrogen functional groups attached to an aromatic ring is 1. The summed E-state index contributed by atoms with van der Waals surface area (Å²) >= 11 is 0. The molecule has 0 saturated carbocycles. The molecule has 0 unspecified atom stereocenters. The van der Waals surface area contributed by atoms with E-state index in [0.717, 1.165) is 36.4 Å². The van der Waals surface area contributed by atoms with Gasteiger partial charge in [-0.15, -0.1) is 5.10 Å². The first kappa shape index (κ1) is 12.5. The van der Waals surface area contributed by atoms with Gasteiger partial charge < -0.3 is 15.1 Å². The van der Waals surface area contributed by atoms with Crippen LogP contribution in [0, 0.1) is 0 Å². The van der Waals surface area contributed by atoms with E-state index in [2.05, 4.69) is 20.3 Å². The molecule has 0 aliphatic carbocycles. The smallest absolute Gasteiger partial charge is 0.197 e. The second kappa shape index (κ2) is 5.60. The zero-order chi connectivity index (χ0) is 13.8. The van der Waals surface area contributed by atoms with Crippen LogP contribution in [0.1, 0.15) is 23.6 Å². The highest BCUT2D eigenvalue weighted by Gasteiger charge is 2.04. The van der Waals surface area contributed by atoms with Crippen LogP contribution in [0.3, 0.4) is 0 Å². The number of furan rings is 1. The van der Waals surface area contributed by atoms with Crippen LogP contribution in [-0.2, 0) is 19.4 Å². The third kappa shape index (κ3) is 3.05. The Morgan fingerprint density at radius 2 is 2.20 bits per heavy atom. The first-order chi connectivity index (χ1) is 9.79. The van der Waals surface area contributed by atoms with Crippen LogP contribution in [0.5, 0.6) is 0 Å². The van der Waals surface area contributed by atoms with Gasteiger partial charge in [0.25, 0.3) is 0 Å². The molecule has 0 aliphatic rings. The van der Waals surface area contributed by atoms with E-state index in [0.29, 0.717) is 12.5 Å². The molecule has 3 N–H and O–H groups in total. The molecule has 3 rings (SSSR count). The highest BCUT2D eigenvalue weighted by Crippen LogP contribution is 2.07. The van der Waals surface area contributed by atoms with Gasteiger partial charge in [-0.2, -0.15) is 0 Å². The maximum Gasteiger partial charge on any atom is 0.197 e. The summed E-state index contributed by atoms with van der Waals surface area (Å²) in [5, 5.41) is 8.24. The molecule has 20 heavy (non-hydrogen) atoms. The molecule has 0 aliphatic heterocycles. The summed E-state index contributed by atoms with van der Waals surface area (Å²) in [4.78, 5) is 7.04. The standard InChI is InChI=1S/C13H16N6O/c14-13-15-7-10(16-13)3-1-4-11-8-19(18-17-11)9-12-5-2-6-20-12/h2,5-8H,1,3-4,9H2,(H3,14,15,16). The number of hydrogen-bond donors (Lipinski definition) is 2. The van der Waals surface area contributed by atoms with Gasteiger partial charge in [0, 0.05) is 12.4 Å². The molecule has 0 amide bonds. The number of nitrogens with two attached hydrogens (primary N) is 1. The van der Waals surface area contributed by atoms with Crippen LogP contribution < -0.4 is 5.73 Å². The van der Waals surface area contributed by atoms with E-state index >= 15 is 0 Å². The summed E-state index contributed by atoms with van der Waals surface area (Å²) in [5.41, 5.74) is 7.48. The molecule has 0 spiro atoms. The number of nitrogens with one attached hydrogen (secondary N) is 1. The van der Waals surface area contributed by atoms with Crippen molar-refractivity contribution in [3.05, 3.63) is 47.9 Å². The molecule has 3 aromatic heterocycles. The van der Waals surface area contributed by atoms with E-state index in [-0.39, 0.29) is 0 Å². The third-order valence-corrected chi connectivity index (χ3v) is 3.00. The van der Waals surface area contributed by atoms with Gasteiger partial charge in [0.2, 0.25) is 0 Å². The average molecular weight is 272 g/mol. The van der Waals surface area contributed by atoms with E-state index in [9.17, 15) is 0 Å². The highest BCUT2D eigenvalue weighted by atomic mass is 16.3. The number of anilines is 1. The van der Waals surface area contributed by atoms with Crippen LogP contribution in [0.15, 0.2) is 35.2 Å². The van der Waals surface area contributed by atoms with Crippen LogP contribution in [0.2, 0.25) is 0 Å². The summed E-state index contributed by atoms with van der Waals surface area (Å²) in [5.74, 6) is 1.33. The molecule has 7 nitrogen and oxygen atoms in total. The number of H-pyrrole nitrogens is 1. The Balaban J connectivity index is 1.50. The second-order valence-electron chi connectivity index (χ2n) is 4.62. The quantitative estimate of drug-likeness (QED) is 0.706. The number of aromatic amines is 1. The number of aromatic nitrogens is 5. The summed E-state index contributed by atoms with van der Waals surface area (Å²) in [6, 6.07) is 3.78. The van der Waals surface area contributed by atoms with Gasteiger partial charge in [0.15, 0.2) is 5.95 Å². The van der Waals surface area contributed by atoms with Gasteiger partial charge in [0.1, 0.15) is 12.3 Å². The Hall–Kier alpha value is -2.57. The van der Waals surface area contributed by atoms with Crippen LogP contribution in [0.25, 0.3) is 0 Å². The molecular weight excluding hydrogens is 256 g/mol. The molecule has 0 radical (unpaired) electrons. The third-order valence-electron chi connectivity index (χ3n) is 3.00. The fourth-order valence-electron chi connectivity index (χ4n) is 2.05. The van der Waals surface area contributed by atoms with Crippen molar-refractivity contribution < 1.29 is 4.42 Å². The average Bonchev–Trinajstić information content (AvgIpc) is 3.14. The lowest BCUT2D eigenvalue weighted by atomic mass is 10.2. The van der Waals surface area contributed by atoms with Crippen molar-refractivity contribution in [3.63, 3.8) is 0 Å². The van der Waals surface area contributed by atoms with Crippen molar-refractivity contribution in [2.45, 2.75) is 25.8 Å². The van der Waals surface area contributed by atoms with Crippen LogP contribution in [-0.4, -0.2) is 25.0 Å². The van der Waals surface area contributed by atoms with Crippen molar-refractivity contribution in [3.8, 4) is 0 Å². The second-order valence-corrected chi connectivity index (χ2v) is 4.62. The van der Waals surface area contributed by atoms with E-state index in [1.165, 1.54) is 0 Å². The Morgan fingerprint density at radius 1 is 1.30 bits per heavy atom. The van der Waals surface area contributed by atoms with Crippen molar-refractivity contribution in [2.24, 2.45) is 0 Å². The predicted molar refractivity (Wildman–Crippen MR) is 72.9 cm³/mol. The van der Waals surface area contributed by atoms with Crippen LogP contribution >= 0.6 is 0 Å². The Kier molecular flexibility index (Phi) is 3.49. The molecule has 3 aromatic rings. The fourth-order valence-corrected chi connectivity index (χ4v) is 2.05. The lowest BCUT2D eigenvalue weighted by Crippen LogP contribution is -1.98. The maximum atomic E-state index is 5.53. The minimum atomic E-state index is 0.462. The minimum absolute atomic E-state index is 0.462. The molecule has 0 aromatic carbocycles. The van der Waals surface area contributed by atoms with Gasteiger partial charge >= 0.3 is 0 Å². The summed E-state index contributed by atoms with van der Waals surface area (Å²) < 4.78 is 7.05. The van der Waals surface area contributed by atoms with E-state index in [1.807, 2.05) is 24.5 Å². The van der Waals surface area contributed by atoms with E-state index in [1.54, 1.807) is 10.9 Å². The number of nitrogens with zero attached hydrogens (tertiary/aromatic N) is 4. The zero-order valence-electron chi connectivity index (χ0n) is 11.0. The van der Waals surface area contributed by atoms with Crippen molar-refractivity contribution in [1.82, 2.24) is 25.0 Å². The topological polar surface area (TPSA) is 98.6 Å². The first-order valence-corrected chi connectivity index (χ1v) is 6.51. The predicted octanol–water partition coefficient (Wildman–Crippen LogP) is 1.40. The Bertz CT molecular complexity index is 654. The zero-order valence-corrected chi connectivity index (χ0v) is 11.0. The molecular formula is C13H16N6O. The van der Waals surface area contributed by atoms with Gasteiger partial charge in [-0.1, -0.05) is 5.21 Å². The summed E-state index contributed by atoms with van der Waals surface area (Å²) in [6.07, 6.45) is 8.14. The summed E-state index contributed by atoms with van der Waals surface area (Å²) in [7, 11) is 0. The van der Waals surface area contributed by atoms with Crippen LogP contribution in [0.4, 0.5) is 5.95 Å². The number of imidazole rings is 1. The minimum Gasteiger partial charge on any atom is -0.467 e. The molecule has 0 bridgehead atoms. The van der Waals surface area contributed by atoms with Crippen molar-refractivity contribution in [1.29, 1.82) is 0 Å². The first-order valence-electron chi connectivity index (χ1n) is 6.51. The van der Waals surface area contributed by atoms with Gasteiger partial charge in [-0.25, -0.2) is 9.67 Å². The molecule has 7 heteroatoms. The number of rotatable bonds is 6. The van der Waals surface area contributed by atoms with Crippen molar-refractivity contribution >= 4 is 5.95 Å². The van der Waals surface area contributed by atoms with Gasteiger partial charge in [-0.05, 0) is 31.4 Å². The van der Waals surface area contributed by atoms with Gasteiger partial charge in [0.05, 0.1) is 17.7 Å².